The normalized spacial score (nSPS) is 16.8. The van der Waals surface area contributed by atoms with Crippen molar-refractivity contribution in [2.24, 2.45) is 0 Å². The molecule has 0 saturated carbocycles. The topological polar surface area (TPSA) is 45.6 Å². The van der Waals surface area contributed by atoms with E-state index in [9.17, 15) is 0 Å². The molecule has 0 bridgehead atoms. The molecule has 1 fully saturated rings. The molecule has 2 aromatic carbocycles. The Kier molecular flexibility index (Phi) is 7.89. The van der Waals surface area contributed by atoms with Gasteiger partial charge in [0.25, 0.3) is 0 Å². The lowest BCUT2D eigenvalue weighted by atomic mass is 9.96. The molecule has 7 heteroatoms. The molecule has 2 atom stereocenters. The van der Waals surface area contributed by atoms with E-state index in [4.69, 9.17) is 21.9 Å². The lowest BCUT2D eigenvalue weighted by molar-refractivity contribution is 0.310. The Labute approximate surface area is 237 Å². The van der Waals surface area contributed by atoms with E-state index in [1.165, 1.54) is 28.2 Å². The summed E-state index contributed by atoms with van der Waals surface area (Å²) in [5.41, 5.74) is 8.22. The summed E-state index contributed by atoms with van der Waals surface area (Å²) in [6.07, 6.45) is 1.85. The van der Waals surface area contributed by atoms with E-state index >= 15 is 0 Å². The molecule has 1 aliphatic heterocycles. The Hall–Kier alpha value is -3.84. The molecular formula is C32H37N5OS. The van der Waals surface area contributed by atoms with Gasteiger partial charge in [-0.3, -0.25) is 4.98 Å². The third kappa shape index (κ3) is 5.23. The lowest BCUT2D eigenvalue weighted by Gasteiger charge is -2.28. The summed E-state index contributed by atoms with van der Waals surface area (Å²) >= 11 is 5.93. The van der Waals surface area contributed by atoms with E-state index in [1.807, 2.05) is 30.5 Å². The summed E-state index contributed by atoms with van der Waals surface area (Å²) in [7, 11) is 1.69. The minimum absolute atomic E-state index is 0.00982. The van der Waals surface area contributed by atoms with Crippen molar-refractivity contribution in [1.82, 2.24) is 19.8 Å². The number of hydrogen-bond donors (Lipinski definition) is 1. The largest absolute Gasteiger partial charge is 0.497 e. The highest BCUT2D eigenvalue weighted by molar-refractivity contribution is 7.80. The molecule has 0 aliphatic carbocycles. The van der Waals surface area contributed by atoms with Crippen LogP contribution in [0.25, 0.3) is 5.69 Å². The number of pyridine rings is 1. The van der Waals surface area contributed by atoms with Crippen molar-refractivity contribution in [2.75, 3.05) is 25.1 Å². The zero-order valence-corrected chi connectivity index (χ0v) is 24.2. The van der Waals surface area contributed by atoms with Crippen LogP contribution in [0.1, 0.15) is 54.1 Å². The number of rotatable bonds is 9. The van der Waals surface area contributed by atoms with Crippen LogP contribution in [0.3, 0.4) is 0 Å². The Morgan fingerprint density at radius 3 is 2.31 bits per heavy atom. The molecule has 5 rings (SSSR count). The molecule has 6 nitrogen and oxygen atoms in total. The van der Waals surface area contributed by atoms with Gasteiger partial charge in [0.05, 0.1) is 24.9 Å². The zero-order chi connectivity index (χ0) is 27.5. The van der Waals surface area contributed by atoms with Gasteiger partial charge >= 0.3 is 0 Å². The molecular weight excluding hydrogens is 502 g/mol. The summed E-state index contributed by atoms with van der Waals surface area (Å²) in [4.78, 5) is 9.38. The highest BCUT2D eigenvalue weighted by Crippen LogP contribution is 2.42. The van der Waals surface area contributed by atoms with Gasteiger partial charge in [0.15, 0.2) is 5.11 Å². The van der Waals surface area contributed by atoms with Gasteiger partial charge in [0.2, 0.25) is 0 Å². The fourth-order valence-electron chi connectivity index (χ4n) is 5.73. The van der Waals surface area contributed by atoms with Crippen LogP contribution >= 0.6 is 12.2 Å². The Bertz CT molecular complexity index is 1410. The van der Waals surface area contributed by atoms with Gasteiger partial charge in [0, 0.05) is 48.6 Å². The van der Waals surface area contributed by atoms with Crippen LogP contribution in [0, 0.1) is 13.8 Å². The first-order chi connectivity index (χ1) is 18.9. The first-order valence-electron chi connectivity index (χ1n) is 13.6. The third-order valence-corrected chi connectivity index (χ3v) is 8.09. The standard InChI is InChI=1S/C32H37N5OS/c1-6-35(7-2)25-13-15-26(16-14-25)37-22(3)20-28(23(37)4)31-30(29-10-8-9-19-33-29)34-32(39)36(31)21-24-11-17-27(38-5)18-12-24/h8-20,30-31H,6-7,21H2,1-5H3,(H,34,39). The average molecular weight is 540 g/mol. The number of benzene rings is 2. The van der Waals surface area contributed by atoms with Gasteiger partial charge in [0.1, 0.15) is 5.75 Å². The number of hydrogen-bond acceptors (Lipinski definition) is 4. The molecule has 39 heavy (non-hydrogen) atoms. The average Bonchev–Trinajstić information content (AvgIpc) is 3.44. The van der Waals surface area contributed by atoms with Crippen molar-refractivity contribution in [3.8, 4) is 11.4 Å². The van der Waals surface area contributed by atoms with Crippen LogP contribution in [0.2, 0.25) is 0 Å². The predicted molar refractivity (Wildman–Crippen MR) is 163 cm³/mol. The molecule has 0 radical (unpaired) electrons. The van der Waals surface area contributed by atoms with E-state index < -0.39 is 0 Å². The highest BCUT2D eigenvalue weighted by Gasteiger charge is 2.41. The minimum atomic E-state index is -0.0593. The molecule has 202 valence electrons. The Morgan fingerprint density at radius 2 is 1.69 bits per heavy atom. The predicted octanol–water partition coefficient (Wildman–Crippen LogP) is 6.52. The summed E-state index contributed by atoms with van der Waals surface area (Å²) in [6, 6.07) is 25.4. The van der Waals surface area contributed by atoms with Gasteiger partial charge in [-0.25, -0.2) is 0 Å². The molecule has 4 aromatic rings. The van der Waals surface area contributed by atoms with Crippen molar-refractivity contribution in [2.45, 2.75) is 46.3 Å². The fourth-order valence-corrected chi connectivity index (χ4v) is 6.03. The maximum absolute atomic E-state index is 5.93. The van der Waals surface area contributed by atoms with E-state index in [0.29, 0.717) is 6.54 Å². The molecule has 1 saturated heterocycles. The van der Waals surface area contributed by atoms with Crippen LogP contribution in [-0.4, -0.2) is 39.8 Å². The number of aryl methyl sites for hydroxylation is 1. The molecule has 2 aromatic heterocycles. The number of ether oxygens (including phenoxy) is 1. The number of aromatic nitrogens is 2. The van der Waals surface area contributed by atoms with Gasteiger partial charge in [-0.05, 0) is 106 Å². The van der Waals surface area contributed by atoms with Crippen LogP contribution in [0.5, 0.6) is 5.75 Å². The first kappa shape index (κ1) is 26.8. The van der Waals surface area contributed by atoms with Gasteiger partial charge < -0.3 is 24.4 Å². The second-order valence-corrected chi connectivity index (χ2v) is 10.3. The molecule has 2 unspecified atom stereocenters. The van der Waals surface area contributed by atoms with Crippen molar-refractivity contribution in [3.05, 3.63) is 107 Å². The summed E-state index contributed by atoms with van der Waals surface area (Å²) < 4.78 is 7.72. The number of thiocarbonyl (C=S) groups is 1. The molecule has 1 N–H and O–H groups in total. The molecule has 1 aliphatic rings. The van der Waals surface area contributed by atoms with E-state index in [2.05, 4.69) is 95.9 Å². The second-order valence-electron chi connectivity index (χ2n) is 9.95. The summed E-state index contributed by atoms with van der Waals surface area (Å²) in [5, 5.41) is 4.33. The summed E-state index contributed by atoms with van der Waals surface area (Å²) in [6.45, 7) is 11.5. The van der Waals surface area contributed by atoms with Crippen LogP contribution < -0.4 is 15.0 Å². The SMILES string of the molecule is CCN(CC)c1ccc(-n2c(C)cc(C3C(c4ccccn4)NC(=S)N3Cc3ccc(OC)cc3)c2C)cc1. The van der Waals surface area contributed by atoms with Crippen molar-refractivity contribution >= 4 is 23.0 Å². The van der Waals surface area contributed by atoms with E-state index in [0.717, 1.165) is 35.3 Å². The summed E-state index contributed by atoms with van der Waals surface area (Å²) in [5.74, 6) is 0.847. The number of nitrogens with zero attached hydrogens (tertiary/aromatic N) is 4. The molecule has 3 heterocycles. The smallest absolute Gasteiger partial charge is 0.170 e. The molecule has 0 amide bonds. The quantitative estimate of drug-likeness (QED) is 0.245. The number of methoxy groups -OCH3 is 1. The Morgan fingerprint density at radius 1 is 0.974 bits per heavy atom. The number of anilines is 1. The monoisotopic (exact) mass is 539 g/mol. The van der Waals surface area contributed by atoms with E-state index in [-0.39, 0.29) is 12.1 Å². The first-order valence-corrected chi connectivity index (χ1v) is 14.0. The third-order valence-electron chi connectivity index (χ3n) is 7.74. The van der Waals surface area contributed by atoms with Crippen molar-refractivity contribution < 1.29 is 4.74 Å². The minimum Gasteiger partial charge on any atom is -0.497 e. The second kappa shape index (κ2) is 11.5. The fraction of sp³-hybridized carbons (Fsp3) is 0.312. The van der Waals surface area contributed by atoms with Gasteiger partial charge in [-0.2, -0.15) is 0 Å². The number of nitrogens with one attached hydrogen (secondary N) is 1. The van der Waals surface area contributed by atoms with Gasteiger partial charge in [-0.1, -0.05) is 18.2 Å². The lowest BCUT2D eigenvalue weighted by Crippen LogP contribution is -2.29. The Balaban J connectivity index is 1.55. The molecule has 0 spiro atoms. The van der Waals surface area contributed by atoms with Crippen LogP contribution in [0.4, 0.5) is 5.69 Å². The van der Waals surface area contributed by atoms with Crippen LogP contribution in [-0.2, 0) is 6.54 Å². The maximum atomic E-state index is 5.93. The highest BCUT2D eigenvalue weighted by atomic mass is 32.1. The van der Waals surface area contributed by atoms with E-state index in [1.54, 1.807) is 7.11 Å². The van der Waals surface area contributed by atoms with Crippen LogP contribution in [0.15, 0.2) is 79.0 Å². The maximum Gasteiger partial charge on any atom is 0.170 e. The van der Waals surface area contributed by atoms with Crippen molar-refractivity contribution in [1.29, 1.82) is 0 Å². The zero-order valence-electron chi connectivity index (χ0n) is 23.4. The van der Waals surface area contributed by atoms with Crippen molar-refractivity contribution in [3.63, 3.8) is 0 Å². The van der Waals surface area contributed by atoms with Gasteiger partial charge in [-0.15, -0.1) is 0 Å².